The molecule has 8 nitrogen and oxygen atoms in total. The van der Waals surface area contributed by atoms with E-state index in [1.165, 1.54) is 16.6 Å². The fourth-order valence-electron chi connectivity index (χ4n) is 5.01. The number of nitrogens with one attached hydrogen (secondary N) is 3. The molecule has 0 fully saturated rings. The van der Waals surface area contributed by atoms with E-state index in [1.54, 1.807) is 18.0 Å². The number of aryl methyl sites for hydroxylation is 1. The number of ether oxygens (including phenoxy) is 1. The zero-order valence-electron chi connectivity index (χ0n) is 22.9. The van der Waals surface area contributed by atoms with Gasteiger partial charge in [0.05, 0.1) is 18.7 Å². The number of benzene rings is 1. The highest BCUT2D eigenvalue weighted by atomic mass is 32.2. The first-order valence-corrected chi connectivity index (χ1v) is 14.7. The van der Waals surface area contributed by atoms with Crippen molar-refractivity contribution in [2.75, 3.05) is 38.6 Å². The van der Waals surface area contributed by atoms with Crippen LogP contribution in [-0.2, 0) is 16.0 Å². The molecule has 3 aromatic rings. The molecule has 1 amide bonds. The van der Waals surface area contributed by atoms with Gasteiger partial charge in [-0.25, -0.2) is 4.98 Å². The molecule has 0 saturated heterocycles. The van der Waals surface area contributed by atoms with E-state index in [2.05, 4.69) is 63.9 Å². The molecule has 5 rings (SSSR count). The summed E-state index contributed by atoms with van der Waals surface area (Å²) in [5, 5.41) is 13.2. The highest BCUT2D eigenvalue weighted by Gasteiger charge is 2.27. The molecule has 39 heavy (non-hydrogen) atoms. The first-order chi connectivity index (χ1) is 19.0. The van der Waals surface area contributed by atoms with Crippen LogP contribution in [0.5, 0.6) is 0 Å². The van der Waals surface area contributed by atoms with Crippen LogP contribution in [0.25, 0.3) is 10.9 Å². The van der Waals surface area contributed by atoms with Crippen molar-refractivity contribution in [2.45, 2.75) is 44.5 Å². The summed E-state index contributed by atoms with van der Waals surface area (Å²) >= 11 is 1.69. The molecule has 2 aliphatic rings. The second-order valence-electron chi connectivity index (χ2n) is 10.6. The molecule has 2 unspecified atom stereocenters. The Labute approximate surface area is 235 Å². The zero-order chi connectivity index (χ0) is 27.2. The summed E-state index contributed by atoms with van der Waals surface area (Å²) < 4.78 is 5.92. The minimum absolute atomic E-state index is 0.0909. The summed E-state index contributed by atoms with van der Waals surface area (Å²) in [5.41, 5.74) is 4.65. The number of anilines is 1. The van der Waals surface area contributed by atoms with Gasteiger partial charge in [0.25, 0.3) is 0 Å². The molecule has 3 heterocycles. The predicted octanol–water partition coefficient (Wildman–Crippen LogP) is 4.97. The molecule has 1 aliphatic heterocycles. The molecule has 2 aromatic heterocycles. The van der Waals surface area contributed by atoms with Crippen molar-refractivity contribution >= 4 is 34.4 Å². The van der Waals surface area contributed by atoms with E-state index in [0.29, 0.717) is 30.9 Å². The van der Waals surface area contributed by atoms with Gasteiger partial charge in [0, 0.05) is 48.9 Å². The lowest BCUT2D eigenvalue weighted by Crippen LogP contribution is -2.35. The quantitative estimate of drug-likeness (QED) is 0.290. The third kappa shape index (κ3) is 6.90. The molecule has 206 valence electrons. The second-order valence-corrected chi connectivity index (χ2v) is 11.5. The Kier molecular flexibility index (Phi) is 9.01. The lowest BCUT2D eigenvalue weighted by Gasteiger charge is -2.26. The van der Waals surface area contributed by atoms with Crippen LogP contribution in [0.1, 0.15) is 54.9 Å². The Morgan fingerprint density at radius 2 is 2.08 bits per heavy atom. The second kappa shape index (κ2) is 12.8. The van der Waals surface area contributed by atoms with E-state index < -0.39 is 0 Å². The number of hydrogen-bond donors (Lipinski definition) is 3. The lowest BCUT2D eigenvalue weighted by atomic mass is 9.90. The van der Waals surface area contributed by atoms with E-state index >= 15 is 0 Å². The van der Waals surface area contributed by atoms with Gasteiger partial charge in [-0.1, -0.05) is 43.8 Å². The van der Waals surface area contributed by atoms with Crippen LogP contribution < -0.4 is 16.0 Å². The monoisotopic (exact) mass is 546 g/mol. The standard InChI is InChI=1S/C30H38N6O2S/c1-20(2)18-38-29-19-39-30(36(29)3)22-11-12-33-27(16-22)35-28(37)17-31-13-14-32-25-9-6-10-26-23(25)15-21-7-4-5-8-24(21)34-26/h4-5,7-8,11-12,15-16,19-20,25,30-32H,6,9-10,13-14,17-18H2,1-3H3,(H,33,35,37). The maximum absolute atomic E-state index is 12.6. The Morgan fingerprint density at radius 3 is 2.95 bits per heavy atom. The molecule has 0 bridgehead atoms. The number of nitrogens with zero attached hydrogens (tertiary/aromatic N) is 3. The molecule has 2 atom stereocenters. The van der Waals surface area contributed by atoms with E-state index in [0.717, 1.165) is 42.8 Å². The van der Waals surface area contributed by atoms with E-state index in [1.807, 2.05) is 30.7 Å². The fourth-order valence-corrected chi connectivity index (χ4v) is 6.08. The van der Waals surface area contributed by atoms with Gasteiger partial charge >= 0.3 is 0 Å². The number of carbonyl (C=O) groups excluding carboxylic acids is 1. The minimum atomic E-state index is -0.107. The van der Waals surface area contributed by atoms with Crippen LogP contribution in [0.3, 0.4) is 0 Å². The Bertz CT molecular complexity index is 1330. The number of pyridine rings is 2. The molecule has 0 spiro atoms. The summed E-state index contributed by atoms with van der Waals surface area (Å²) in [7, 11) is 2.03. The van der Waals surface area contributed by atoms with Crippen molar-refractivity contribution in [1.29, 1.82) is 0 Å². The van der Waals surface area contributed by atoms with Gasteiger partial charge < -0.3 is 25.6 Å². The normalized spacial score (nSPS) is 18.8. The number of para-hydroxylation sites is 1. The summed E-state index contributed by atoms with van der Waals surface area (Å²) in [5.74, 6) is 1.80. The summed E-state index contributed by atoms with van der Waals surface area (Å²) in [6.45, 7) is 6.66. The van der Waals surface area contributed by atoms with Crippen molar-refractivity contribution in [3.05, 3.63) is 76.8 Å². The molecule has 9 heteroatoms. The Balaban J connectivity index is 1.06. The van der Waals surface area contributed by atoms with Gasteiger partial charge in [0.1, 0.15) is 11.2 Å². The molecule has 1 aromatic carbocycles. The average molecular weight is 547 g/mol. The number of carbonyl (C=O) groups is 1. The fraction of sp³-hybridized carbons (Fsp3) is 0.433. The highest BCUT2D eigenvalue weighted by molar-refractivity contribution is 8.02. The Morgan fingerprint density at radius 1 is 1.21 bits per heavy atom. The maximum Gasteiger partial charge on any atom is 0.239 e. The molecular formula is C30H38N6O2S. The van der Waals surface area contributed by atoms with Gasteiger partial charge in [-0.2, -0.15) is 0 Å². The van der Waals surface area contributed by atoms with Crippen LogP contribution in [0.15, 0.2) is 60.0 Å². The van der Waals surface area contributed by atoms with Gasteiger partial charge in [-0.3, -0.25) is 9.78 Å². The Hall–Kier alpha value is -3.14. The van der Waals surface area contributed by atoms with E-state index in [4.69, 9.17) is 9.72 Å². The summed E-state index contributed by atoms with van der Waals surface area (Å²) in [4.78, 5) is 23.9. The van der Waals surface area contributed by atoms with Crippen molar-refractivity contribution < 1.29 is 9.53 Å². The van der Waals surface area contributed by atoms with Crippen molar-refractivity contribution in [1.82, 2.24) is 25.5 Å². The third-order valence-electron chi connectivity index (χ3n) is 6.99. The molecule has 0 saturated carbocycles. The SMILES string of the molecule is CC(C)COC1=CSC(c2ccnc(NC(=O)CNCCNC3CCCc4nc5ccccc5cc43)c2)N1C. The number of rotatable bonds is 11. The smallest absolute Gasteiger partial charge is 0.239 e. The summed E-state index contributed by atoms with van der Waals surface area (Å²) in [6.07, 6.45) is 5.01. The molecule has 1 aliphatic carbocycles. The van der Waals surface area contributed by atoms with Crippen molar-refractivity contribution in [2.24, 2.45) is 5.92 Å². The van der Waals surface area contributed by atoms with Gasteiger partial charge in [0.15, 0.2) is 5.88 Å². The number of fused-ring (bicyclic) bond motifs is 2. The van der Waals surface area contributed by atoms with Crippen LogP contribution >= 0.6 is 11.8 Å². The number of aromatic nitrogens is 2. The van der Waals surface area contributed by atoms with Gasteiger partial charge in [-0.05, 0) is 60.6 Å². The van der Waals surface area contributed by atoms with E-state index in [-0.39, 0.29) is 17.8 Å². The number of thioether (sulfide) groups is 1. The van der Waals surface area contributed by atoms with Crippen LogP contribution in [0.4, 0.5) is 5.82 Å². The first kappa shape index (κ1) is 27.4. The maximum atomic E-state index is 12.6. The van der Waals surface area contributed by atoms with Crippen LogP contribution in [0.2, 0.25) is 0 Å². The van der Waals surface area contributed by atoms with Crippen LogP contribution in [0, 0.1) is 5.92 Å². The number of hydrogen-bond acceptors (Lipinski definition) is 8. The molecular weight excluding hydrogens is 508 g/mol. The average Bonchev–Trinajstić information content (AvgIpc) is 3.30. The molecule has 0 radical (unpaired) electrons. The van der Waals surface area contributed by atoms with Crippen LogP contribution in [-0.4, -0.2) is 54.1 Å². The van der Waals surface area contributed by atoms with E-state index in [9.17, 15) is 4.79 Å². The number of amides is 1. The van der Waals surface area contributed by atoms with Crippen molar-refractivity contribution in [3.8, 4) is 0 Å². The molecule has 3 N–H and O–H groups in total. The van der Waals surface area contributed by atoms with Crippen molar-refractivity contribution in [3.63, 3.8) is 0 Å². The predicted molar refractivity (Wildman–Crippen MR) is 158 cm³/mol. The topological polar surface area (TPSA) is 91.4 Å². The van der Waals surface area contributed by atoms with Gasteiger partial charge in [0.2, 0.25) is 5.91 Å². The largest absolute Gasteiger partial charge is 0.478 e. The zero-order valence-corrected chi connectivity index (χ0v) is 23.8. The highest BCUT2D eigenvalue weighted by Crippen LogP contribution is 2.42. The summed E-state index contributed by atoms with van der Waals surface area (Å²) in [6, 6.07) is 14.8. The van der Waals surface area contributed by atoms with Gasteiger partial charge in [-0.15, -0.1) is 0 Å². The third-order valence-corrected chi connectivity index (χ3v) is 8.18. The lowest BCUT2D eigenvalue weighted by molar-refractivity contribution is -0.115. The minimum Gasteiger partial charge on any atom is -0.478 e. The first-order valence-electron chi connectivity index (χ1n) is 13.8.